The molecule has 1 aliphatic heterocycles. The van der Waals surface area contributed by atoms with Crippen LogP contribution in [0, 0.1) is 5.92 Å². The molecule has 208 valence electrons. The number of fused-ring (bicyclic) bond motifs is 1. The second kappa shape index (κ2) is 12.0. The van der Waals surface area contributed by atoms with Gasteiger partial charge in [-0.2, -0.15) is 0 Å². The Labute approximate surface area is 233 Å². The maximum absolute atomic E-state index is 13.9. The van der Waals surface area contributed by atoms with Crippen LogP contribution in [0.5, 0.6) is 0 Å². The number of carbonyl (C=O) groups is 2. The zero-order valence-electron chi connectivity index (χ0n) is 21.8. The van der Waals surface area contributed by atoms with E-state index in [2.05, 4.69) is 15.0 Å². The molecule has 2 heterocycles. The number of nitrogens with one attached hydrogen (secondary N) is 2. The number of carbonyl (C=O) groups excluding carboxylic acids is 2. The first kappa shape index (κ1) is 27.5. The molecule has 2 aromatic carbocycles. The van der Waals surface area contributed by atoms with Crippen LogP contribution in [-0.2, 0) is 25.4 Å². The van der Waals surface area contributed by atoms with Crippen molar-refractivity contribution in [3.8, 4) is 0 Å². The summed E-state index contributed by atoms with van der Waals surface area (Å²) in [4.78, 5) is 33.0. The quantitative estimate of drug-likeness (QED) is 0.352. The zero-order valence-corrected chi connectivity index (χ0v) is 23.5. The Hall–Kier alpha value is -3.02. The third kappa shape index (κ3) is 6.95. The molecule has 5 rings (SSSR count). The van der Waals surface area contributed by atoms with E-state index in [0.29, 0.717) is 42.2 Å². The molecule has 0 radical (unpaired) electrons. The maximum atomic E-state index is 13.9. The molecular formula is C28H35N5O4S2. The molecule has 2 aliphatic rings. The molecule has 0 unspecified atom stereocenters. The SMILES string of the molecule is Nc1nc2ccc(NC(=O)[C@@H]3CCCN3C(=O)[C@@H](CC3CCCCC3)NS(=O)(=O)Cc3ccccc3)cc2s1. The lowest BCUT2D eigenvalue weighted by atomic mass is 9.84. The molecule has 1 saturated heterocycles. The lowest BCUT2D eigenvalue weighted by Crippen LogP contribution is -2.53. The van der Waals surface area contributed by atoms with Crippen molar-refractivity contribution in [2.75, 3.05) is 17.6 Å². The number of rotatable bonds is 9. The summed E-state index contributed by atoms with van der Waals surface area (Å²) in [5.41, 5.74) is 7.84. The number of sulfonamides is 1. The third-order valence-corrected chi connectivity index (χ3v) is 9.83. The fourth-order valence-electron chi connectivity index (χ4n) is 5.76. The van der Waals surface area contributed by atoms with Crippen molar-refractivity contribution >= 4 is 54.2 Å². The van der Waals surface area contributed by atoms with Crippen LogP contribution in [0.4, 0.5) is 10.8 Å². The van der Waals surface area contributed by atoms with Gasteiger partial charge in [0, 0.05) is 12.2 Å². The number of nitrogens with zero attached hydrogens (tertiary/aromatic N) is 2. The number of nitrogen functional groups attached to an aromatic ring is 1. The van der Waals surface area contributed by atoms with E-state index in [-0.39, 0.29) is 23.5 Å². The monoisotopic (exact) mass is 569 g/mol. The Bertz CT molecular complexity index is 1420. The number of likely N-dealkylation sites (tertiary alicyclic amines) is 1. The smallest absolute Gasteiger partial charge is 0.247 e. The molecule has 4 N–H and O–H groups in total. The van der Waals surface area contributed by atoms with Gasteiger partial charge in [-0.3, -0.25) is 9.59 Å². The van der Waals surface area contributed by atoms with E-state index in [0.717, 1.165) is 35.9 Å². The van der Waals surface area contributed by atoms with Gasteiger partial charge in [-0.25, -0.2) is 18.1 Å². The van der Waals surface area contributed by atoms with Gasteiger partial charge >= 0.3 is 0 Å². The fourth-order valence-corrected chi connectivity index (χ4v) is 7.88. The molecule has 0 bridgehead atoms. The van der Waals surface area contributed by atoms with Gasteiger partial charge in [-0.05, 0) is 48.9 Å². The highest BCUT2D eigenvalue weighted by Gasteiger charge is 2.39. The van der Waals surface area contributed by atoms with Gasteiger partial charge in [0.1, 0.15) is 12.1 Å². The standard InChI is InChI=1S/C28H35N5O4S2/c29-28-31-22-14-13-21(17-25(22)38-28)30-26(34)24-12-7-15-33(24)27(35)23(16-19-8-3-1-4-9-19)32-39(36,37)18-20-10-5-2-6-11-20/h2,5-6,10-11,13-14,17,19,23-24,32H,1,3-4,7-9,12,15-16,18H2,(H2,29,31)(H,30,34)/t23-,24+/m1/s1. The lowest BCUT2D eigenvalue weighted by molar-refractivity contribution is -0.138. The first-order valence-corrected chi connectivity index (χ1v) is 16.1. The van der Waals surface area contributed by atoms with E-state index in [9.17, 15) is 18.0 Å². The summed E-state index contributed by atoms with van der Waals surface area (Å²) >= 11 is 1.34. The van der Waals surface area contributed by atoms with Gasteiger partial charge in [0.05, 0.1) is 16.0 Å². The number of nitrogens with two attached hydrogens (primary N) is 1. The molecule has 3 aromatic rings. The summed E-state index contributed by atoms with van der Waals surface area (Å²) in [5, 5.41) is 3.40. The molecule has 9 nitrogen and oxygen atoms in total. The Morgan fingerprint density at radius 3 is 2.59 bits per heavy atom. The first-order chi connectivity index (χ1) is 18.8. The minimum atomic E-state index is -3.78. The Balaban J connectivity index is 1.31. The van der Waals surface area contributed by atoms with Crippen LogP contribution < -0.4 is 15.8 Å². The average molecular weight is 570 g/mol. The van der Waals surface area contributed by atoms with Crippen LogP contribution in [0.1, 0.15) is 56.9 Å². The van der Waals surface area contributed by atoms with Crippen LogP contribution in [0.15, 0.2) is 48.5 Å². The largest absolute Gasteiger partial charge is 0.375 e. The Morgan fingerprint density at radius 2 is 1.82 bits per heavy atom. The van der Waals surface area contributed by atoms with Crippen molar-refractivity contribution in [3.63, 3.8) is 0 Å². The van der Waals surface area contributed by atoms with E-state index in [1.54, 1.807) is 41.3 Å². The normalized spacial score (nSPS) is 19.3. The predicted molar refractivity (Wildman–Crippen MR) is 155 cm³/mol. The molecule has 11 heteroatoms. The van der Waals surface area contributed by atoms with Crippen LogP contribution in [0.25, 0.3) is 10.2 Å². The van der Waals surface area contributed by atoms with Crippen LogP contribution in [0.3, 0.4) is 0 Å². The highest BCUT2D eigenvalue weighted by atomic mass is 32.2. The average Bonchev–Trinajstić information content (AvgIpc) is 3.54. The van der Waals surface area contributed by atoms with E-state index in [1.807, 2.05) is 12.1 Å². The van der Waals surface area contributed by atoms with Crippen LogP contribution in [0.2, 0.25) is 0 Å². The second-order valence-corrected chi connectivity index (χ2v) is 13.4. The Kier molecular flexibility index (Phi) is 8.49. The molecule has 2 amide bonds. The minimum absolute atomic E-state index is 0.198. The van der Waals surface area contributed by atoms with Crippen molar-refractivity contribution in [3.05, 3.63) is 54.1 Å². The molecule has 1 saturated carbocycles. The van der Waals surface area contributed by atoms with Gasteiger partial charge in [-0.1, -0.05) is 73.8 Å². The van der Waals surface area contributed by atoms with Gasteiger partial charge in [0.25, 0.3) is 0 Å². The van der Waals surface area contributed by atoms with Crippen molar-refractivity contribution < 1.29 is 18.0 Å². The summed E-state index contributed by atoms with van der Waals surface area (Å²) in [6.45, 7) is 0.420. The summed E-state index contributed by atoms with van der Waals surface area (Å²) in [5.74, 6) is -0.515. The number of aromatic nitrogens is 1. The van der Waals surface area contributed by atoms with Crippen molar-refractivity contribution in [2.24, 2.45) is 5.92 Å². The van der Waals surface area contributed by atoms with Crippen molar-refractivity contribution in [2.45, 2.75) is 69.2 Å². The number of amides is 2. The number of hydrogen-bond acceptors (Lipinski definition) is 7. The summed E-state index contributed by atoms with van der Waals surface area (Å²) in [6, 6.07) is 12.8. The van der Waals surface area contributed by atoms with Crippen LogP contribution in [-0.4, -0.2) is 48.7 Å². The zero-order chi connectivity index (χ0) is 27.4. The molecule has 1 aromatic heterocycles. The Morgan fingerprint density at radius 1 is 1.05 bits per heavy atom. The molecule has 0 spiro atoms. The number of thiazole rings is 1. The lowest BCUT2D eigenvalue weighted by Gasteiger charge is -2.31. The third-order valence-electron chi connectivity index (χ3n) is 7.62. The molecule has 1 aliphatic carbocycles. The van der Waals surface area contributed by atoms with E-state index in [1.165, 1.54) is 17.8 Å². The highest BCUT2D eigenvalue weighted by Crippen LogP contribution is 2.30. The fraction of sp³-hybridized carbons (Fsp3) is 0.464. The minimum Gasteiger partial charge on any atom is -0.375 e. The van der Waals surface area contributed by atoms with E-state index >= 15 is 0 Å². The predicted octanol–water partition coefficient (Wildman–Crippen LogP) is 4.27. The molecular weight excluding hydrogens is 534 g/mol. The van der Waals surface area contributed by atoms with Gasteiger partial charge in [0.15, 0.2) is 5.13 Å². The molecule has 39 heavy (non-hydrogen) atoms. The summed E-state index contributed by atoms with van der Waals surface area (Å²) in [6.07, 6.45) is 6.97. The molecule has 2 atom stereocenters. The van der Waals surface area contributed by atoms with Gasteiger partial charge in [-0.15, -0.1) is 0 Å². The van der Waals surface area contributed by atoms with Gasteiger partial charge < -0.3 is 16.0 Å². The van der Waals surface area contributed by atoms with Gasteiger partial charge in [0.2, 0.25) is 21.8 Å². The number of benzene rings is 2. The molecule has 2 fully saturated rings. The van der Waals surface area contributed by atoms with E-state index < -0.39 is 22.1 Å². The highest BCUT2D eigenvalue weighted by molar-refractivity contribution is 7.88. The van der Waals surface area contributed by atoms with Crippen LogP contribution >= 0.6 is 11.3 Å². The second-order valence-electron chi connectivity index (χ2n) is 10.6. The van der Waals surface area contributed by atoms with Crippen molar-refractivity contribution in [1.82, 2.24) is 14.6 Å². The van der Waals surface area contributed by atoms with E-state index in [4.69, 9.17) is 5.73 Å². The maximum Gasteiger partial charge on any atom is 0.247 e. The topological polar surface area (TPSA) is 134 Å². The van der Waals surface area contributed by atoms with Crippen molar-refractivity contribution in [1.29, 1.82) is 0 Å². The summed E-state index contributed by atoms with van der Waals surface area (Å²) < 4.78 is 29.9. The number of anilines is 2. The first-order valence-electron chi connectivity index (χ1n) is 13.6. The number of hydrogen-bond donors (Lipinski definition) is 3. The summed E-state index contributed by atoms with van der Waals surface area (Å²) in [7, 11) is -3.78.